The van der Waals surface area contributed by atoms with Gasteiger partial charge in [0.25, 0.3) is 0 Å². The lowest BCUT2D eigenvalue weighted by Gasteiger charge is -2.24. The Kier molecular flexibility index (Phi) is 11.0. The predicted molar refractivity (Wildman–Crippen MR) is 77.5 cm³/mol. The summed E-state index contributed by atoms with van der Waals surface area (Å²) in [5, 5.41) is 6.90. The molecule has 0 aliphatic carbocycles. The second-order valence-electron chi connectivity index (χ2n) is 3.54. The molecule has 0 saturated carbocycles. The van der Waals surface area contributed by atoms with Gasteiger partial charge in [0.15, 0.2) is 0 Å². The molecule has 0 radical (unpaired) electrons. The van der Waals surface area contributed by atoms with Crippen LogP contribution in [0, 0.1) is 0 Å². The molecule has 0 aromatic heterocycles. The lowest BCUT2D eigenvalue weighted by atomic mass is 10.1. The Morgan fingerprint density at radius 3 is 2.18 bits per heavy atom. The predicted octanol–water partition coefficient (Wildman–Crippen LogP) is 2.84. The molecule has 1 aromatic carbocycles. The van der Waals surface area contributed by atoms with Gasteiger partial charge in [0.1, 0.15) is 0 Å². The fraction of sp³-hybridized carbons (Fsp3) is 0.600. The van der Waals surface area contributed by atoms with Crippen LogP contribution < -0.4 is 10.6 Å². The van der Waals surface area contributed by atoms with E-state index in [0.717, 1.165) is 26.1 Å². The number of hydrogen-bond acceptors (Lipinski definition) is 2. The molecule has 1 unspecified atom stereocenters. The van der Waals surface area contributed by atoms with Crippen molar-refractivity contribution >= 4 is 0 Å². The largest absolute Gasteiger partial charge is 0.314 e. The van der Waals surface area contributed by atoms with Crippen LogP contribution in [-0.4, -0.2) is 25.7 Å². The normalized spacial score (nSPS) is 18.2. The molecule has 1 heterocycles. The fourth-order valence-electron chi connectivity index (χ4n) is 1.76. The minimum Gasteiger partial charge on any atom is -0.314 e. The van der Waals surface area contributed by atoms with Gasteiger partial charge in [-0.3, -0.25) is 0 Å². The van der Waals surface area contributed by atoms with E-state index in [2.05, 4.69) is 41.0 Å². The maximum absolute atomic E-state index is 3.51. The fourth-order valence-corrected chi connectivity index (χ4v) is 1.76. The highest BCUT2D eigenvalue weighted by atomic mass is 15.0. The highest BCUT2D eigenvalue weighted by molar-refractivity contribution is 5.16. The smallest absolute Gasteiger partial charge is 0.0233 e. The molecular formula is C15H28N2. The Labute approximate surface area is 107 Å². The summed E-state index contributed by atoms with van der Waals surface area (Å²) in [6.07, 6.45) is 1.13. The van der Waals surface area contributed by atoms with Crippen LogP contribution in [0.25, 0.3) is 0 Å². The lowest BCUT2D eigenvalue weighted by molar-refractivity contribution is 0.416. The Morgan fingerprint density at radius 2 is 1.65 bits per heavy atom. The van der Waals surface area contributed by atoms with Crippen molar-refractivity contribution < 1.29 is 0 Å². The van der Waals surface area contributed by atoms with Crippen LogP contribution in [0.3, 0.4) is 0 Å². The molecule has 0 amide bonds. The molecule has 98 valence electrons. The van der Waals surface area contributed by atoms with Crippen molar-refractivity contribution in [2.24, 2.45) is 0 Å². The first-order chi connectivity index (χ1) is 8.45. The second-order valence-corrected chi connectivity index (χ2v) is 3.54. The van der Waals surface area contributed by atoms with E-state index in [9.17, 15) is 0 Å². The van der Waals surface area contributed by atoms with Crippen molar-refractivity contribution in [3.63, 3.8) is 0 Å². The molecule has 0 spiro atoms. The van der Waals surface area contributed by atoms with Crippen molar-refractivity contribution in [2.75, 3.05) is 19.6 Å². The zero-order chi connectivity index (χ0) is 12.9. The molecule has 1 atom stereocenters. The van der Waals surface area contributed by atoms with Crippen molar-refractivity contribution in [3.8, 4) is 0 Å². The van der Waals surface area contributed by atoms with E-state index in [-0.39, 0.29) is 0 Å². The van der Waals surface area contributed by atoms with E-state index in [4.69, 9.17) is 0 Å². The van der Waals surface area contributed by atoms with Crippen LogP contribution in [0.5, 0.6) is 0 Å². The van der Waals surface area contributed by atoms with E-state index >= 15 is 0 Å². The summed E-state index contributed by atoms with van der Waals surface area (Å²) in [6, 6.07) is 11.3. The molecular weight excluding hydrogens is 208 g/mol. The summed E-state index contributed by atoms with van der Waals surface area (Å²) in [6.45, 7) is 11.3. The van der Waals surface area contributed by atoms with Crippen LogP contribution in [0.2, 0.25) is 0 Å². The van der Waals surface area contributed by atoms with E-state index in [0.29, 0.717) is 6.04 Å². The van der Waals surface area contributed by atoms with Crippen LogP contribution in [-0.2, 0) is 6.42 Å². The lowest BCUT2D eigenvalue weighted by Crippen LogP contribution is -2.49. The van der Waals surface area contributed by atoms with Gasteiger partial charge >= 0.3 is 0 Å². The van der Waals surface area contributed by atoms with Gasteiger partial charge in [0.05, 0.1) is 0 Å². The van der Waals surface area contributed by atoms with Crippen molar-refractivity contribution in [1.82, 2.24) is 10.6 Å². The summed E-state index contributed by atoms with van der Waals surface area (Å²) < 4.78 is 0. The summed E-state index contributed by atoms with van der Waals surface area (Å²) in [5.74, 6) is 0. The molecule has 2 N–H and O–H groups in total. The third-order valence-electron chi connectivity index (χ3n) is 2.45. The molecule has 1 saturated heterocycles. The molecule has 1 aliphatic heterocycles. The summed E-state index contributed by atoms with van der Waals surface area (Å²) in [4.78, 5) is 0. The Hall–Kier alpha value is -0.860. The Morgan fingerprint density at radius 1 is 1.00 bits per heavy atom. The molecule has 1 aromatic rings. The number of benzene rings is 1. The van der Waals surface area contributed by atoms with Crippen LogP contribution in [0.1, 0.15) is 33.3 Å². The number of piperazine rings is 1. The monoisotopic (exact) mass is 236 g/mol. The Balaban J connectivity index is 0.000000581. The topological polar surface area (TPSA) is 24.1 Å². The first-order valence-electron chi connectivity index (χ1n) is 6.93. The SMILES string of the molecule is CC.CC.c1ccc(CC2CNCCN2)cc1. The zero-order valence-corrected chi connectivity index (χ0v) is 11.8. The maximum atomic E-state index is 3.51. The van der Waals surface area contributed by atoms with Crippen LogP contribution >= 0.6 is 0 Å². The maximum Gasteiger partial charge on any atom is 0.0233 e. The van der Waals surface area contributed by atoms with Crippen LogP contribution in [0.4, 0.5) is 0 Å². The molecule has 2 heteroatoms. The standard InChI is InChI=1S/C11H16N2.2C2H6/c1-2-4-10(5-3-1)8-11-9-12-6-7-13-11;2*1-2/h1-5,11-13H,6-9H2;2*1-2H3. The summed E-state index contributed by atoms with van der Waals surface area (Å²) in [7, 11) is 0. The number of hydrogen-bond donors (Lipinski definition) is 2. The minimum absolute atomic E-state index is 0.608. The van der Waals surface area contributed by atoms with Crippen molar-refractivity contribution in [1.29, 1.82) is 0 Å². The van der Waals surface area contributed by atoms with E-state index in [1.165, 1.54) is 5.56 Å². The first kappa shape index (κ1) is 16.1. The van der Waals surface area contributed by atoms with Crippen molar-refractivity contribution in [3.05, 3.63) is 35.9 Å². The second kappa shape index (κ2) is 11.6. The van der Waals surface area contributed by atoms with Crippen LogP contribution in [0.15, 0.2) is 30.3 Å². The van der Waals surface area contributed by atoms with Gasteiger partial charge in [-0.05, 0) is 12.0 Å². The third-order valence-corrected chi connectivity index (χ3v) is 2.45. The summed E-state index contributed by atoms with van der Waals surface area (Å²) in [5.41, 5.74) is 1.42. The van der Waals surface area contributed by atoms with E-state index in [1.807, 2.05) is 27.7 Å². The highest BCUT2D eigenvalue weighted by Gasteiger charge is 2.11. The third kappa shape index (κ3) is 7.14. The first-order valence-corrected chi connectivity index (χ1v) is 6.93. The number of nitrogens with one attached hydrogen (secondary N) is 2. The summed E-state index contributed by atoms with van der Waals surface area (Å²) >= 11 is 0. The van der Waals surface area contributed by atoms with Gasteiger partial charge < -0.3 is 10.6 Å². The molecule has 0 bridgehead atoms. The van der Waals surface area contributed by atoms with Gasteiger partial charge in [0.2, 0.25) is 0 Å². The van der Waals surface area contributed by atoms with E-state index < -0.39 is 0 Å². The average molecular weight is 236 g/mol. The molecule has 2 nitrogen and oxygen atoms in total. The van der Waals surface area contributed by atoms with Gasteiger partial charge in [-0.1, -0.05) is 58.0 Å². The quantitative estimate of drug-likeness (QED) is 0.825. The Bertz CT molecular complexity index is 240. The van der Waals surface area contributed by atoms with Gasteiger partial charge in [-0.2, -0.15) is 0 Å². The molecule has 1 aliphatic rings. The molecule has 2 rings (SSSR count). The molecule has 17 heavy (non-hydrogen) atoms. The average Bonchev–Trinajstić information content (AvgIpc) is 2.45. The number of rotatable bonds is 2. The van der Waals surface area contributed by atoms with E-state index in [1.54, 1.807) is 0 Å². The highest BCUT2D eigenvalue weighted by Crippen LogP contribution is 2.03. The van der Waals surface area contributed by atoms with Gasteiger partial charge in [-0.25, -0.2) is 0 Å². The molecule has 1 fully saturated rings. The van der Waals surface area contributed by atoms with Gasteiger partial charge in [0, 0.05) is 25.7 Å². The van der Waals surface area contributed by atoms with Gasteiger partial charge in [-0.15, -0.1) is 0 Å². The van der Waals surface area contributed by atoms with Crippen molar-refractivity contribution in [2.45, 2.75) is 40.2 Å². The minimum atomic E-state index is 0.608. The zero-order valence-electron chi connectivity index (χ0n) is 11.8.